The fourth-order valence-corrected chi connectivity index (χ4v) is 3.15. The topological polar surface area (TPSA) is 90.3 Å². The fraction of sp³-hybridized carbons (Fsp3) is 0.188. The van der Waals surface area contributed by atoms with Crippen LogP contribution in [0.2, 0.25) is 0 Å². The van der Waals surface area contributed by atoms with Gasteiger partial charge in [-0.3, -0.25) is 0 Å². The van der Waals surface area contributed by atoms with Crippen molar-refractivity contribution in [3.63, 3.8) is 0 Å². The molecule has 0 aliphatic carbocycles. The van der Waals surface area contributed by atoms with Gasteiger partial charge in [0.15, 0.2) is 11.5 Å². The summed E-state index contributed by atoms with van der Waals surface area (Å²) in [4.78, 5) is 16.5. The minimum atomic E-state index is -0.276. The van der Waals surface area contributed by atoms with Gasteiger partial charge in [-0.1, -0.05) is 0 Å². The van der Waals surface area contributed by atoms with Crippen molar-refractivity contribution in [2.24, 2.45) is 0 Å². The number of thiazole rings is 1. The van der Waals surface area contributed by atoms with Gasteiger partial charge in [0.1, 0.15) is 0 Å². The molecule has 0 atom stereocenters. The van der Waals surface area contributed by atoms with E-state index in [9.17, 15) is 4.79 Å². The Kier molecular flexibility index (Phi) is 4.21. The molecule has 0 unspecified atom stereocenters. The largest absolute Gasteiger partial charge is 0.454 e. The Labute approximate surface area is 147 Å². The number of ether oxygens (including phenoxy) is 2. The Morgan fingerprint density at radius 2 is 2.24 bits per heavy atom. The normalized spacial score (nSPS) is 12.2. The van der Waals surface area contributed by atoms with Crippen LogP contribution in [0.25, 0.3) is 5.13 Å². The SMILES string of the molecule is O=C(NCCc1csc(-n2cccn2)n1)Nc1ccc2c(c1)OCO2. The lowest BCUT2D eigenvalue weighted by Gasteiger charge is -2.07. The minimum absolute atomic E-state index is 0.207. The van der Waals surface area contributed by atoms with Crippen molar-refractivity contribution in [1.29, 1.82) is 0 Å². The van der Waals surface area contributed by atoms with Gasteiger partial charge in [0.25, 0.3) is 0 Å². The molecular weight excluding hydrogens is 342 g/mol. The molecule has 128 valence electrons. The highest BCUT2D eigenvalue weighted by molar-refractivity contribution is 7.12. The second-order valence-corrected chi connectivity index (χ2v) is 6.11. The molecule has 4 rings (SSSR count). The molecule has 1 aliphatic heterocycles. The van der Waals surface area contributed by atoms with Gasteiger partial charge in [-0.2, -0.15) is 5.10 Å². The van der Waals surface area contributed by atoms with Gasteiger partial charge < -0.3 is 20.1 Å². The van der Waals surface area contributed by atoms with Gasteiger partial charge in [-0.05, 0) is 18.2 Å². The second-order valence-electron chi connectivity index (χ2n) is 5.27. The van der Waals surface area contributed by atoms with E-state index in [1.807, 2.05) is 17.6 Å². The molecule has 2 amide bonds. The van der Waals surface area contributed by atoms with Crippen LogP contribution in [0.1, 0.15) is 5.69 Å². The van der Waals surface area contributed by atoms with E-state index in [0.29, 0.717) is 30.2 Å². The molecule has 0 spiro atoms. The third-order valence-electron chi connectivity index (χ3n) is 3.54. The third-order valence-corrected chi connectivity index (χ3v) is 4.42. The number of fused-ring (bicyclic) bond motifs is 1. The highest BCUT2D eigenvalue weighted by Crippen LogP contribution is 2.34. The van der Waals surface area contributed by atoms with Crippen molar-refractivity contribution < 1.29 is 14.3 Å². The molecule has 3 aromatic rings. The molecule has 1 aromatic carbocycles. The predicted octanol–water partition coefficient (Wildman–Crippen LogP) is 2.42. The Morgan fingerprint density at radius 3 is 3.12 bits per heavy atom. The number of hydrogen-bond donors (Lipinski definition) is 2. The monoisotopic (exact) mass is 357 g/mol. The van der Waals surface area contributed by atoms with E-state index in [1.54, 1.807) is 29.1 Å². The summed E-state index contributed by atoms with van der Waals surface area (Å²) in [6.45, 7) is 0.692. The van der Waals surface area contributed by atoms with E-state index in [4.69, 9.17) is 9.47 Å². The first-order chi connectivity index (χ1) is 12.3. The van der Waals surface area contributed by atoms with Gasteiger partial charge in [-0.25, -0.2) is 14.5 Å². The van der Waals surface area contributed by atoms with Gasteiger partial charge in [-0.15, -0.1) is 11.3 Å². The molecule has 2 N–H and O–H groups in total. The summed E-state index contributed by atoms with van der Waals surface area (Å²) in [5.74, 6) is 1.31. The average molecular weight is 357 g/mol. The van der Waals surface area contributed by atoms with Crippen LogP contribution in [0.4, 0.5) is 10.5 Å². The van der Waals surface area contributed by atoms with E-state index in [0.717, 1.165) is 10.8 Å². The van der Waals surface area contributed by atoms with Gasteiger partial charge in [0.2, 0.25) is 11.9 Å². The molecule has 0 fully saturated rings. The number of carbonyl (C=O) groups is 1. The van der Waals surface area contributed by atoms with E-state index >= 15 is 0 Å². The first-order valence-electron chi connectivity index (χ1n) is 7.67. The number of aromatic nitrogens is 3. The lowest BCUT2D eigenvalue weighted by atomic mass is 10.3. The molecule has 9 heteroatoms. The van der Waals surface area contributed by atoms with Crippen molar-refractivity contribution in [3.05, 3.63) is 47.7 Å². The Balaban J connectivity index is 1.26. The highest BCUT2D eigenvalue weighted by atomic mass is 32.1. The molecule has 8 nitrogen and oxygen atoms in total. The number of anilines is 1. The molecule has 25 heavy (non-hydrogen) atoms. The van der Waals surface area contributed by atoms with Crippen molar-refractivity contribution >= 4 is 23.1 Å². The number of carbonyl (C=O) groups excluding carboxylic acids is 1. The number of benzene rings is 1. The maximum Gasteiger partial charge on any atom is 0.319 e. The van der Waals surface area contributed by atoms with E-state index < -0.39 is 0 Å². The third kappa shape index (κ3) is 3.56. The lowest BCUT2D eigenvalue weighted by Crippen LogP contribution is -2.30. The van der Waals surface area contributed by atoms with Gasteiger partial charge in [0.05, 0.1) is 5.69 Å². The number of amides is 2. The average Bonchev–Trinajstić information content (AvgIpc) is 3.35. The van der Waals surface area contributed by atoms with Crippen LogP contribution in [0.3, 0.4) is 0 Å². The maximum absolute atomic E-state index is 12.0. The van der Waals surface area contributed by atoms with E-state index in [1.165, 1.54) is 11.3 Å². The van der Waals surface area contributed by atoms with Crippen molar-refractivity contribution in [2.75, 3.05) is 18.7 Å². The van der Waals surface area contributed by atoms with Crippen LogP contribution in [0.15, 0.2) is 42.0 Å². The molecule has 0 bridgehead atoms. The Hall–Kier alpha value is -3.07. The first kappa shape index (κ1) is 15.5. The second kappa shape index (κ2) is 6.81. The Morgan fingerprint density at radius 1 is 1.32 bits per heavy atom. The number of urea groups is 1. The van der Waals surface area contributed by atoms with Crippen LogP contribution in [-0.4, -0.2) is 34.1 Å². The van der Waals surface area contributed by atoms with Crippen molar-refractivity contribution in [1.82, 2.24) is 20.1 Å². The summed E-state index contributed by atoms with van der Waals surface area (Å²) < 4.78 is 12.2. The number of hydrogen-bond acceptors (Lipinski definition) is 6. The Bertz CT molecular complexity index is 878. The zero-order chi connectivity index (χ0) is 17.1. The molecule has 0 saturated carbocycles. The zero-order valence-electron chi connectivity index (χ0n) is 13.1. The molecule has 2 aromatic heterocycles. The highest BCUT2D eigenvalue weighted by Gasteiger charge is 2.14. The van der Waals surface area contributed by atoms with Crippen LogP contribution >= 0.6 is 11.3 Å². The standard InChI is InChI=1S/C16H15N5O3S/c22-15(19-11-2-3-13-14(8-11)24-10-23-13)17-6-4-12-9-25-16(20-12)21-7-1-5-18-21/h1-3,5,7-9H,4,6,10H2,(H2,17,19,22). The van der Waals surface area contributed by atoms with Crippen LogP contribution < -0.4 is 20.1 Å². The molecule has 0 radical (unpaired) electrons. The van der Waals surface area contributed by atoms with E-state index in [2.05, 4.69) is 20.7 Å². The van der Waals surface area contributed by atoms with Crippen LogP contribution in [-0.2, 0) is 6.42 Å². The van der Waals surface area contributed by atoms with Gasteiger partial charge in [0, 0.05) is 42.5 Å². The summed E-state index contributed by atoms with van der Waals surface area (Å²) in [7, 11) is 0. The predicted molar refractivity (Wildman–Crippen MR) is 92.5 cm³/mol. The van der Waals surface area contributed by atoms with Crippen molar-refractivity contribution in [3.8, 4) is 16.6 Å². The fourth-order valence-electron chi connectivity index (χ4n) is 2.35. The summed E-state index contributed by atoms with van der Waals surface area (Å²) in [6.07, 6.45) is 4.20. The van der Waals surface area contributed by atoms with E-state index in [-0.39, 0.29) is 12.8 Å². The molecular formula is C16H15N5O3S. The van der Waals surface area contributed by atoms with Gasteiger partial charge >= 0.3 is 6.03 Å². The lowest BCUT2D eigenvalue weighted by molar-refractivity contribution is 0.174. The summed E-state index contributed by atoms with van der Waals surface area (Å²) in [6, 6.07) is 6.84. The number of nitrogens with one attached hydrogen (secondary N) is 2. The summed E-state index contributed by atoms with van der Waals surface area (Å²) in [5, 5.41) is 12.5. The zero-order valence-corrected chi connectivity index (χ0v) is 14.0. The number of nitrogens with zero attached hydrogens (tertiary/aromatic N) is 3. The maximum atomic E-state index is 12.0. The first-order valence-corrected chi connectivity index (χ1v) is 8.55. The molecule has 0 saturated heterocycles. The number of rotatable bonds is 5. The quantitative estimate of drug-likeness (QED) is 0.732. The molecule has 3 heterocycles. The van der Waals surface area contributed by atoms with Crippen LogP contribution in [0.5, 0.6) is 11.5 Å². The summed E-state index contributed by atoms with van der Waals surface area (Å²) in [5.41, 5.74) is 1.57. The minimum Gasteiger partial charge on any atom is -0.454 e. The smallest absolute Gasteiger partial charge is 0.319 e. The van der Waals surface area contributed by atoms with Crippen LogP contribution in [0, 0.1) is 0 Å². The van der Waals surface area contributed by atoms with Crippen molar-refractivity contribution in [2.45, 2.75) is 6.42 Å². The molecule has 1 aliphatic rings. The summed E-state index contributed by atoms with van der Waals surface area (Å²) >= 11 is 1.52.